The highest BCUT2D eigenvalue weighted by Crippen LogP contribution is 2.17. The van der Waals surface area contributed by atoms with Crippen molar-refractivity contribution < 1.29 is 19.1 Å². The molecule has 0 aliphatic heterocycles. The maximum absolute atomic E-state index is 12.3. The first-order chi connectivity index (χ1) is 13.6. The number of carbonyl (C=O) groups excluding carboxylic acids is 2. The molecular formula is C21H19N3O4. The first-order valence-electron chi connectivity index (χ1n) is 8.46. The summed E-state index contributed by atoms with van der Waals surface area (Å²) in [6.07, 6.45) is 1.36. The van der Waals surface area contributed by atoms with Gasteiger partial charge in [-0.1, -0.05) is 0 Å². The molecule has 28 heavy (non-hydrogen) atoms. The average molecular weight is 377 g/mol. The van der Waals surface area contributed by atoms with Gasteiger partial charge in [-0.3, -0.25) is 14.6 Å². The lowest BCUT2D eigenvalue weighted by molar-refractivity contribution is 0.101. The number of hydrogen-bond acceptors (Lipinski definition) is 5. The molecule has 3 rings (SSSR count). The van der Waals surface area contributed by atoms with Gasteiger partial charge in [-0.2, -0.15) is 0 Å². The maximum atomic E-state index is 12.3. The van der Waals surface area contributed by atoms with Crippen LogP contribution in [0.4, 0.5) is 11.4 Å². The Morgan fingerprint density at radius 1 is 0.714 bits per heavy atom. The Bertz CT molecular complexity index is 872. The Hall–Kier alpha value is -3.87. The lowest BCUT2D eigenvalue weighted by Crippen LogP contribution is -2.16. The van der Waals surface area contributed by atoms with Crippen molar-refractivity contribution in [3.63, 3.8) is 0 Å². The van der Waals surface area contributed by atoms with Crippen LogP contribution in [-0.4, -0.2) is 31.0 Å². The van der Waals surface area contributed by atoms with E-state index in [4.69, 9.17) is 9.47 Å². The highest BCUT2D eigenvalue weighted by molar-refractivity contribution is 6.06. The Balaban J connectivity index is 1.62. The fourth-order valence-corrected chi connectivity index (χ4v) is 2.41. The van der Waals surface area contributed by atoms with Crippen molar-refractivity contribution in [3.05, 3.63) is 78.1 Å². The molecule has 7 heteroatoms. The third-order valence-corrected chi connectivity index (χ3v) is 3.95. The predicted octanol–water partition coefficient (Wildman–Crippen LogP) is 3.60. The first kappa shape index (κ1) is 18.9. The van der Waals surface area contributed by atoms with Crippen molar-refractivity contribution in [3.8, 4) is 11.5 Å². The summed E-state index contributed by atoms with van der Waals surface area (Å²) < 4.78 is 10.2. The second kappa shape index (κ2) is 8.68. The van der Waals surface area contributed by atoms with Crippen molar-refractivity contribution in [1.82, 2.24) is 4.98 Å². The second-order valence-electron chi connectivity index (χ2n) is 5.80. The van der Waals surface area contributed by atoms with E-state index in [2.05, 4.69) is 15.6 Å². The Labute approximate surface area is 162 Å². The van der Waals surface area contributed by atoms with Gasteiger partial charge in [-0.15, -0.1) is 0 Å². The topological polar surface area (TPSA) is 89.5 Å². The smallest absolute Gasteiger partial charge is 0.274 e. The number of amides is 2. The highest BCUT2D eigenvalue weighted by atomic mass is 16.5. The van der Waals surface area contributed by atoms with Crippen LogP contribution in [0.2, 0.25) is 0 Å². The minimum atomic E-state index is -0.368. The molecule has 0 radical (unpaired) electrons. The van der Waals surface area contributed by atoms with E-state index in [1.54, 1.807) is 68.8 Å². The van der Waals surface area contributed by atoms with Crippen LogP contribution < -0.4 is 20.1 Å². The zero-order chi connectivity index (χ0) is 19.9. The van der Waals surface area contributed by atoms with Crippen LogP contribution in [0, 0.1) is 0 Å². The van der Waals surface area contributed by atoms with E-state index in [1.165, 1.54) is 12.3 Å². The normalized spacial score (nSPS) is 10.1. The number of hydrogen-bond donors (Lipinski definition) is 2. The van der Waals surface area contributed by atoms with Crippen LogP contribution in [0.25, 0.3) is 0 Å². The molecule has 0 aliphatic carbocycles. The van der Waals surface area contributed by atoms with Gasteiger partial charge in [0.15, 0.2) is 0 Å². The molecule has 7 nitrogen and oxygen atoms in total. The Morgan fingerprint density at radius 3 is 1.64 bits per heavy atom. The van der Waals surface area contributed by atoms with E-state index in [0.717, 1.165) is 0 Å². The number of nitrogens with one attached hydrogen (secondary N) is 2. The number of aromatic nitrogens is 1. The van der Waals surface area contributed by atoms with Gasteiger partial charge in [-0.25, -0.2) is 0 Å². The van der Waals surface area contributed by atoms with E-state index in [1.807, 2.05) is 0 Å². The van der Waals surface area contributed by atoms with Crippen molar-refractivity contribution >= 4 is 23.2 Å². The quantitative estimate of drug-likeness (QED) is 0.685. The monoisotopic (exact) mass is 377 g/mol. The zero-order valence-electron chi connectivity index (χ0n) is 15.4. The fourth-order valence-electron chi connectivity index (χ4n) is 2.41. The van der Waals surface area contributed by atoms with Gasteiger partial charge >= 0.3 is 0 Å². The highest BCUT2D eigenvalue weighted by Gasteiger charge is 2.11. The summed E-state index contributed by atoms with van der Waals surface area (Å²) in [5, 5.41) is 5.50. The molecule has 3 aromatic rings. The zero-order valence-corrected chi connectivity index (χ0v) is 15.4. The number of carbonyl (C=O) groups is 2. The molecule has 0 fully saturated rings. The summed E-state index contributed by atoms with van der Waals surface area (Å²) in [4.78, 5) is 28.7. The Kier molecular flexibility index (Phi) is 5.86. The van der Waals surface area contributed by atoms with Gasteiger partial charge in [0.25, 0.3) is 11.8 Å². The largest absolute Gasteiger partial charge is 0.497 e. The van der Waals surface area contributed by atoms with E-state index in [-0.39, 0.29) is 17.5 Å². The molecule has 0 aliphatic rings. The molecule has 142 valence electrons. The summed E-state index contributed by atoms with van der Waals surface area (Å²) >= 11 is 0. The Morgan fingerprint density at radius 2 is 1.21 bits per heavy atom. The number of ether oxygens (including phenoxy) is 2. The standard InChI is InChI=1S/C21H19N3O4/c1-27-17-8-4-15(5-9-17)23-20(25)14-3-12-19(22-13-14)21(26)24-16-6-10-18(28-2)11-7-16/h3-13H,1-2H3,(H,23,25)(H,24,26). The lowest BCUT2D eigenvalue weighted by atomic mass is 10.2. The van der Waals surface area contributed by atoms with Gasteiger partial charge in [0, 0.05) is 17.6 Å². The molecule has 2 N–H and O–H groups in total. The SMILES string of the molecule is COc1ccc(NC(=O)c2ccc(C(=O)Nc3ccc(OC)cc3)nc2)cc1. The number of methoxy groups -OCH3 is 2. The minimum absolute atomic E-state index is 0.205. The van der Waals surface area contributed by atoms with Crippen LogP contribution in [0.5, 0.6) is 11.5 Å². The average Bonchev–Trinajstić information content (AvgIpc) is 2.75. The van der Waals surface area contributed by atoms with Crippen molar-refractivity contribution in [2.45, 2.75) is 0 Å². The molecule has 0 saturated heterocycles. The van der Waals surface area contributed by atoms with Crippen molar-refractivity contribution in [2.24, 2.45) is 0 Å². The molecule has 0 unspecified atom stereocenters. The number of rotatable bonds is 6. The second-order valence-corrected chi connectivity index (χ2v) is 5.80. The van der Waals surface area contributed by atoms with E-state index in [9.17, 15) is 9.59 Å². The van der Waals surface area contributed by atoms with Crippen molar-refractivity contribution in [1.29, 1.82) is 0 Å². The maximum Gasteiger partial charge on any atom is 0.274 e. The third kappa shape index (κ3) is 4.64. The third-order valence-electron chi connectivity index (χ3n) is 3.95. The van der Waals surface area contributed by atoms with Gasteiger partial charge in [0.05, 0.1) is 19.8 Å². The number of anilines is 2. The molecule has 1 aromatic heterocycles. The van der Waals surface area contributed by atoms with E-state index >= 15 is 0 Å². The van der Waals surface area contributed by atoms with Crippen LogP contribution in [0.1, 0.15) is 20.8 Å². The van der Waals surface area contributed by atoms with Gasteiger partial charge in [0.2, 0.25) is 0 Å². The van der Waals surface area contributed by atoms with E-state index < -0.39 is 0 Å². The minimum Gasteiger partial charge on any atom is -0.497 e. The van der Waals surface area contributed by atoms with Gasteiger partial charge < -0.3 is 20.1 Å². The summed E-state index contributed by atoms with van der Waals surface area (Å²) in [6, 6.07) is 17.0. The lowest BCUT2D eigenvalue weighted by Gasteiger charge is -2.08. The molecule has 0 saturated carbocycles. The molecule has 0 bridgehead atoms. The molecule has 2 amide bonds. The van der Waals surface area contributed by atoms with Crippen LogP contribution in [-0.2, 0) is 0 Å². The molecule has 2 aromatic carbocycles. The molecule has 1 heterocycles. The van der Waals surface area contributed by atoms with Crippen LogP contribution >= 0.6 is 0 Å². The number of benzene rings is 2. The molecule has 0 spiro atoms. The fraction of sp³-hybridized carbons (Fsp3) is 0.0952. The summed E-state index contributed by atoms with van der Waals surface area (Å²) in [5.41, 5.74) is 1.80. The van der Waals surface area contributed by atoms with Crippen LogP contribution in [0.3, 0.4) is 0 Å². The summed E-state index contributed by atoms with van der Waals surface area (Å²) in [5.74, 6) is 0.710. The summed E-state index contributed by atoms with van der Waals surface area (Å²) in [6.45, 7) is 0. The van der Waals surface area contributed by atoms with Crippen LogP contribution in [0.15, 0.2) is 66.9 Å². The van der Waals surface area contributed by atoms with Gasteiger partial charge in [-0.05, 0) is 60.7 Å². The van der Waals surface area contributed by atoms with Gasteiger partial charge in [0.1, 0.15) is 17.2 Å². The van der Waals surface area contributed by atoms with Crippen molar-refractivity contribution in [2.75, 3.05) is 24.9 Å². The number of nitrogens with zero attached hydrogens (tertiary/aromatic N) is 1. The number of pyridine rings is 1. The van der Waals surface area contributed by atoms with E-state index in [0.29, 0.717) is 28.4 Å². The molecule has 0 atom stereocenters. The summed E-state index contributed by atoms with van der Waals surface area (Å²) in [7, 11) is 3.15. The first-order valence-corrected chi connectivity index (χ1v) is 8.46. The molecular weight excluding hydrogens is 358 g/mol. The predicted molar refractivity (Wildman–Crippen MR) is 106 cm³/mol.